The van der Waals surface area contributed by atoms with E-state index >= 15 is 0 Å². The molecule has 1 nitrogen and oxygen atoms in total. The van der Waals surface area contributed by atoms with Crippen LogP contribution in [0.4, 0.5) is 0 Å². The number of hydrogen-bond acceptors (Lipinski definition) is 1. The van der Waals surface area contributed by atoms with E-state index in [1.54, 1.807) is 0 Å². The number of hydrogen-bond donors (Lipinski definition) is 1. The molecule has 2 atom stereocenters. The van der Waals surface area contributed by atoms with Crippen LogP contribution in [0.25, 0.3) is 0 Å². The van der Waals surface area contributed by atoms with E-state index in [0.29, 0.717) is 0 Å². The predicted octanol–water partition coefficient (Wildman–Crippen LogP) is 4.39. The summed E-state index contributed by atoms with van der Waals surface area (Å²) in [5.74, 6) is 2.56. The highest BCUT2D eigenvalue weighted by molar-refractivity contribution is 4.96. The minimum Gasteiger partial charge on any atom is -0.316 e. The van der Waals surface area contributed by atoms with Crippen molar-refractivity contribution in [2.24, 2.45) is 17.8 Å². The summed E-state index contributed by atoms with van der Waals surface area (Å²) in [5, 5.41) is 3.65. The maximum atomic E-state index is 4.19. The molecule has 0 saturated heterocycles. The van der Waals surface area contributed by atoms with Gasteiger partial charge in [0.2, 0.25) is 0 Å². The minimum atomic E-state index is 0.766. The molecule has 0 spiro atoms. The SMILES string of the molecule is C=C(CC)CC1CCCCC1CNCC(C)C. The first kappa shape index (κ1) is 14.8. The van der Waals surface area contributed by atoms with Gasteiger partial charge in [-0.3, -0.25) is 0 Å². The van der Waals surface area contributed by atoms with E-state index in [0.717, 1.165) is 30.7 Å². The van der Waals surface area contributed by atoms with Crippen molar-refractivity contribution in [3.63, 3.8) is 0 Å². The number of rotatable bonds is 7. The monoisotopic (exact) mass is 237 g/mol. The van der Waals surface area contributed by atoms with E-state index in [9.17, 15) is 0 Å². The Morgan fingerprint density at radius 2 is 1.88 bits per heavy atom. The van der Waals surface area contributed by atoms with Gasteiger partial charge in [-0.15, -0.1) is 0 Å². The molecule has 0 aromatic heterocycles. The van der Waals surface area contributed by atoms with Gasteiger partial charge in [0, 0.05) is 0 Å². The van der Waals surface area contributed by atoms with Crippen LogP contribution in [0.3, 0.4) is 0 Å². The van der Waals surface area contributed by atoms with E-state index in [4.69, 9.17) is 0 Å². The van der Waals surface area contributed by atoms with Crippen molar-refractivity contribution in [3.05, 3.63) is 12.2 Å². The fourth-order valence-electron chi connectivity index (χ4n) is 2.89. The lowest BCUT2D eigenvalue weighted by Crippen LogP contribution is -2.32. The smallest absolute Gasteiger partial charge is 0.00176 e. The van der Waals surface area contributed by atoms with Crippen LogP contribution in [0, 0.1) is 17.8 Å². The van der Waals surface area contributed by atoms with Gasteiger partial charge < -0.3 is 5.32 Å². The van der Waals surface area contributed by atoms with Crippen molar-refractivity contribution in [1.29, 1.82) is 0 Å². The van der Waals surface area contributed by atoms with Crippen LogP contribution in [-0.4, -0.2) is 13.1 Å². The van der Waals surface area contributed by atoms with Crippen molar-refractivity contribution in [2.75, 3.05) is 13.1 Å². The summed E-state index contributed by atoms with van der Waals surface area (Å²) in [6.45, 7) is 13.4. The molecule has 1 saturated carbocycles. The van der Waals surface area contributed by atoms with Gasteiger partial charge in [-0.05, 0) is 56.5 Å². The Bertz CT molecular complexity index is 220. The van der Waals surface area contributed by atoms with Crippen LogP contribution in [0.2, 0.25) is 0 Å². The molecule has 2 unspecified atom stereocenters. The predicted molar refractivity (Wildman–Crippen MR) is 77.2 cm³/mol. The largest absolute Gasteiger partial charge is 0.316 e. The summed E-state index contributed by atoms with van der Waals surface area (Å²) >= 11 is 0. The second-order valence-electron chi connectivity index (χ2n) is 6.16. The molecule has 0 amide bonds. The lowest BCUT2D eigenvalue weighted by molar-refractivity contribution is 0.225. The summed E-state index contributed by atoms with van der Waals surface area (Å²) in [7, 11) is 0. The van der Waals surface area contributed by atoms with Gasteiger partial charge in [-0.1, -0.05) is 45.8 Å². The van der Waals surface area contributed by atoms with Crippen LogP contribution in [0.5, 0.6) is 0 Å². The maximum absolute atomic E-state index is 4.19. The Kier molecular flexibility index (Phi) is 6.87. The molecule has 1 aliphatic carbocycles. The fourth-order valence-corrected chi connectivity index (χ4v) is 2.89. The molecule has 1 heteroatoms. The quantitative estimate of drug-likeness (QED) is 0.647. The number of allylic oxidation sites excluding steroid dienone is 1. The summed E-state index contributed by atoms with van der Waals surface area (Å²) in [6.07, 6.45) is 8.14. The second-order valence-corrected chi connectivity index (χ2v) is 6.16. The van der Waals surface area contributed by atoms with Crippen molar-refractivity contribution >= 4 is 0 Å². The molecule has 0 radical (unpaired) electrons. The van der Waals surface area contributed by atoms with Gasteiger partial charge in [0.25, 0.3) is 0 Å². The van der Waals surface area contributed by atoms with Crippen LogP contribution in [0.15, 0.2) is 12.2 Å². The zero-order valence-electron chi connectivity index (χ0n) is 12.1. The van der Waals surface area contributed by atoms with Crippen LogP contribution in [-0.2, 0) is 0 Å². The molecule has 100 valence electrons. The Hall–Kier alpha value is -0.300. The van der Waals surface area contributed by atoms with E-state index < -0.39 is 0 Å². The van der Waals surface area contributed by atoms with Gasteiger partial charge in [0.1, 0.15) is 0 Å². The molecule has 1 N–H and O–H groups in total. The van der Waals surface area contributed by atoms with Crippen molar-refractivity contribution in [1.82, 2.24) is 5.32 Å². The van der Waals surface area contributed by atoms with Gasteiger partial charge in [0.15, 0.2) is 0 Å². The molecule has 0 heterocycles. The Labute approximate surface area is 108 Å². The summed E-state index contributed by atoms with van der Waals surface area (Å²) in [6, 6.07) is 0. The minimum absolute atomic E-state index is 0.766. The molecule has 0 aromatic carbocycles. The molecule has 1 fully saturated rings. The third-order valence-electron chi connectivity index (χ3n) is 4.08. The topological polar surface area (TPSA) is 12.0 Å². The number of nitrogens with one attached hydrogen (secondary N) is 1. The molecule has 1 rings (SSSR count). The zero-order valence-corrected chi connectivity index (χ0v) is 12.1. The van der Waals surface area contributed by atoms with Gasteiger partial charge in [-0.25, -0.2) is 0 Å². The Morgan fingerprint density at radius 3 is 2.47 bits per heavy atom. The maximum Gasteiger partial charge on any atom is -0.00176 e. The van der Waals surface area contributed by atoms with E-state index in [1.165, 1.54) is 44.2 Å². The molecule has 0 bridgehead atoms. The first-order chi connectivity index (χ1) is 8.13. The van der Waals surface area contributed by atoms with Crippen molar-refractivity contribution in [2.45, 2.75) is 59.3 Å². The standard InChI is InChI=1S/C16H31N/c1-5-14(4)10-15-8-6-7-9-16(15)12-17-11-13(2)3/h13,15-17H,4-12H2,1-3H3. The van der Waals surface area contributed by atoms with Gasteiger partial charge >= 0.3 is 0 Å². The zero-order chi connectivity index (χ0) is 12.7. The highest BCUT2D eigenvalue weighted by Crippen LogP contribution is 2.34. The Morgan fingerprint density at radius 1 is 1.24 bits per heavy atom. The van der Waals surface area contributed by atoms with E-state index in [1.807, 2.05) is 0 Å². The molecule has 1 aliphatic rings. The second kappa shape index (κ2) is 7.92. The van der Waals surface area contributed by atoms with E-state index in [2.05, 4.69) is 32.7 Å². The first-order valence-electron chi connectivity index (χ1n) is 7.50. The highest BCUT2D eigenvalue weighted by Gasteiger charge is 2.24. The summed E-state index contributed by atoms with van der Waals surface area (Å²) < 4.78 is 0. The molecule has 0 aromatic rings. The van der Waals surface area contributed by atoms with Gasteiger partial charge in [0.05, 0.1) is 0 Å². The van der Waals surface area contributed by atoms with Crippen molar-refractivity contribution in [3.8, 4) is 0 Å². The summed E-state index contributed by atoms with van der Waals surface area (Å²) in [4.78, 5) is 0. The average Bonchev–Trinajstić information content (AvgIpc) is 2.30. The molecular weight excluding hydrogens is 206 g/mol. The van der Waals surface area contributed by atoms with Crippen LogP contribution >= 0.6 is 0 Å². The van der Waals surface area contributed by atoms with Crippen molar-refractivity contribution < 1.29 is 0 Å². The third kappa shape index (κ3) is 5.72. The normalized spacial score (nSPS) is 25.2. The molecule has 0 aliphatic heterocycles. The molecular formula is C16H31N. The summed E-state index contributed by atoms with van der Waals surface area (Å²) in [5.41, 5.74) is 1.45. The van der Waals surface area contributed by atoms with E-state index in [-0.39, 0.29) is 0 Å². The Balaban J connectivity index is 2.34. The highest BCUT2D eigenvalue weighted by atomic mass is 14.9. The van der Waals surface area contributed by atoms with Crippen LogP contribution < -0.4 is 5.32 Å². The first-order valence-corrected chi connectivity index (χ1v) is 7.50. The molecule has 17 heavy (non-hydrogen) atoms. The third-order valence-corrected chi connectivity index (χ3v) is 4.08. The lowest BCUT2D eigenvalue weighted by Gasteiger charge is -2.32. The lowest BCUT2D eigenvalue weighted by atomic mass is 9.76. The van der Waals surface area contributed by atoms with Gasteiger partial charge in [-0.2, -0.15) is 0 Å². The fraction of sp³-hybridized carbons (Fsp3) is 0.875. The van der Waals surface area contributed by atoms with Crippen LogP contribution in [0.1, 0.15) is 59.3 Å². The average molecular weight is 237 g/mol.